The van der Waals surface area contributed by atoms with E-state index in [9.17, 15) is 54.7 Å². The molecule has 6 N–H and O–H groups in total. The first-order valence-corrected chi connectivity index (χ1v) is 46.0. The van der Waals surface area contributed by atoms with Gasteiger partial charge in [-0.15, -0.1) is 8.67 Å². The molecule has 12 rings (SSSR count). The van der Waals surface area contributed by atoms with Crippen LogP contribution in [0.3, 0.4) is 0 Å². The van der Waals surface area contributed by atoms with Gasteiger partial charge >= 0.3 is 0 Å². The van der Waals surface area contributed by atoms with E-state index in [-0.39, 0.29) is 56.9 Å². The van der Waals surface area contributed by atoms with Gasteiger partial charge in [-0.25, -0.2) is 10.5 Å². The van der Waals surface area contributed by atoms with Crippen LogP contribution >= 0.6 is 24.1 Å². The molecule has 0 atom stereocenters. The molecule has 6 aromatic carbocycles. The average Bonchev–Trinajstić information content (AvgIpc) is 1.77. The second-order valence-corrected chi connectivity index (χ2v) is 38.3. The second-order valence-electron chi connectivity index (χ2n) is 33.9. The normalized spacial score (nSPS) is 17.5. The Morgan fingerprint density at radius 1 is 0.451 bits per heavy atom. The number of nitrogens with zero attached hydrogens (tertiary/aromatic N) is 8. The van der Waals surface area contributed by atoms with Gasteiger partial charge < -0.3 is 30.2 Å². The maximum atomic E-state index is 14.2. The van der Waals surface area contributed by atoms with Crippen LogP contribution in [0, 0.1) is 0 Å². The van der Waals surface area contributed by atoms with E-state index in [1.807, 2.05) is 97.3 Å². The first kappa shape index (κ1) is 92.1. The van der Waals surface area contributed by atoms with Gasteiger partial charge in [0.15, 0.2) is 11.4 Å². The van der Waals surface area contributed by atoms with E-state index in [4.69, 9.17) is 19.2 Å². The third kappa shape index (κ3) is 19.4. The van der Waals surface area contributed by atoms with Crippen LogP contribution < -0.4 is 20.4 Å². The second kappa shape index (κ2) is 38.6. The lowest BCUT2D eigenvalue weighted by Gasteiger charge is -2.32. The number of unbranched alkanes of at least 4 members (excludes halogenated alkanes) is 4. The Kier molecular flexibility index (Phi) is 29.1. The molecule has 122 heavy (non-hydrogen) atoms. The molecule has 0 aromatic heterocycles. The zero-order valence-corrected chi connectivity index (χ0v) is 74.7. The number of allylic oxidation sites excluding steroid dienone is 8. The number of imide groups is 2. The predicted octanol–water partition coefficient (Wildman–Crippen LogP) is 14.8. The Hall–Kier alpha value is -9.10. The Morgan fingerprint density at radius 2 is 0.803 bits per heavy atom. The SMILES string of the molecule is CC[N+]1=C(C=CC=C2N(CCCCCC(=O)NCCCN(C)CCCN3C(=O)c4ccc5c6c(ccc(c46)C3=O)C(=O)N(CCCN(C)CCCNC(=O)CCCCCN3C(=CC=CC4=[N+](CC)c6ccc(S(=O)(=O)O)cc6C4(C)C)C(C)(C)c4cc(SOOO)ccc43)C5=O)c3ccc(S(=O)(=O)O)cc3C2(C)C)C(C)(C)c2cc(SOOO)ccc21. The molecule has 0 radical (unpaired) electrons. The topological polar surface area (TPSA) is 338 Å². The Balaban J connectivity index is 0.546. The van der Waals surface area contributed by atoms with Crippen LogP contribution in [0.5, 0.6) is 0 Å². The zero-order chi connectivity index (χ0) is 88.0. The minimum atomic E-state index is -4.47. The third-order valence-corrected chi connectivity index (χ3v) is 27.4. The summed E-state index contributed by atoms with van der Waals surface area (Å²) in [6.07, 6.45) is 19.9. The van der Waals surface area contributed by atoms with E-state index in [1.165, 1.54) is 21.9 Å². The molecule has 6 heterocycles. The molecule has 6 aliphatic rings. The molecular formula is C90H112N10O18S4+2. The lowest BCUT2D eigenvalue weighted by atomic mass is 9.81. The molecule has 0 saturated heterocycles. The molecule has 28 nitrogen and oxygen atoms in total. The molecule has 0 aliphatic carbocycles. The van der Waals surface area contributed by atoms with Crippen LogP contribution in [0.25, 0.3) is 10.8 Å². The van der Waals surface area contributed by atoms with E-state index in [2.05, 4.69) is 108 Å². The number of carbonyl (C=O) groups is 6. The van der Waals surface area contributed by atoms with E-state index in [0.29, 0.717) is 128 Å². The Labute approximate surface area is 723 Å². The van der Waals surface area contributed by atoms with Crippen molar-refractivity contribution >= 4 is 125 Å². The van der Waals surface area contributed by atoms with Gasteiger partial charge in [0.2, 0.25) is 23.2 Å². The van der Waals surface area contributed by atoms with Crippen molar-refractivity contribution in [3.8, 4) is 0 Å². The summed E-state index contributed by atoms with van der Waals surface area (Å²) in [5, 5.41) is 32.1. The van der Waals surface area contributed by atoms with Crippen molar-refractivity contribution < 1.29 is 93.1 Å². The van der Waals surface area contributed by atoms with Gasteiger partial charge in [-0.3, -0.25) is 47.7 Å². The highest BCUT2D eigenvalue weighted by atomic mass is 32.2. The molecule has 32 heteroatoms. The van der Waals surface area contributed by atoms with Crippen molar-refractivity contribution in [2.24, 2.45) is 0 Å². The summed E-state index contributed by atoms with van der Waals surface area (Å²) in [6, 6.07) is 27.6. The standard InChI is InChI=1S/C90H110N10O18S4/c1-13-95-71-41-33-59(119-117-115-107)55-67(71)87(3,4)75(95)27-21-30-78-90(9,10)70-58-62(122(112,113)114)36-44-74(70)98(78)52-20-16-18-32-80(102)92-46-24-48-94(12)50-26-54-100-85(105)65-39-37-63-81-64(38-40-66(82(65)81)86(100)106)84(104)99(83(63)103)53-25-49-93(11)47-23-45-91-79(101)31-17-15-19-51-97-73-42-34-60(120-118-116-108)56-68(73)88(5,6)77(97)29-22-28-76-89(7,8)69-57-61(121(109,110)111)35-43-72(69)96(76)14-2/h21-22,27-30,33-44,55-58H,13-20,23-26,31-32,45-54H2,1-12H3,(H4-2,91,92,101,102,107,108,109,110,111,112,113,114)/p+2. The van der Waals surface area contributed by atoms with Crippen LogP contribution in [-0.4, -0.2) is 205 Å². The minimum absolute atomic E-state index is 0.0338. The largest absolute Gasteiger partial charge is 0.356 e. The summed E-state index contributed by atoms with van der Waals surface area (Å²) in [7, 11) is -4.97. The number of fused-ring (bicyclic) bond motifs is 4. The molecule has 6 aromatic rings. The van der Waals surface area contributed by atoms with Crippen LogP contribution in [0.4, 0.5) is 22.7 Å². The van der Waals surface area contributed by atoms with Crippen molar-refractivity contribution in [2.45, 2.75) is 188 Å². The summed E-state index contributed by atoms with van der Waals surface area (Å²) in [5.41, 5.74) is 10.5. The minimum Gasteiger partial charge on any atom is -0.356 e. The number of rotatable bonds is 42. The Morgan fingerprint density at radius 3 is 1.21 bits per heavy atom. The van der Waals surface area contributed by atoms with Crippen molar-refractivity contribution in [3.05, 3.63) is 189 Å². The smallest absolute Gasteiger partial charge is 0.294 e. The summed E-state index contributed by atoms with van der Waals surface area (Å²) in [5.74, 6) is -2.05. The number of hydrogen-bond acceptors (Lipinski definition) is 22. The third-order valence-electron chi connectivity index (χ3n) is 24.6. The van der Waals surface area contributed by atoms with Gasteiger partial charge in [0.05, 0.1) is 44.7 Å². The van der Waals surface area contributed by atoms with Crippen molar-refractivity contribution in [1.82, 2.24) is 30.2 Å². The van der Waals surface area contributed by atoms with Crippen LogP contribution in [0.1, 0.15) is 210 Å². The van der Waals surface area contributed by atoms with Gasteiger partial charge in [-0.05, 0) is 241 Å². The lowest BCUT2D eigenvalue weighted by molar-refractivity contribution is -0.433. The van der Waals surface area contributed by atoms with Crippen molar-refractivity contribution in [2.75, 3.05) is 102 Å². The van der Waals surface area contributed by atoms with E-state index >= 15 is 0 Å². The summed E-state index contributed by atoms with van der Waals surface area (Å²) < 4.78 is 82.8. The molecule has 0 unspecified atom stereocenters. The molecule has 0 saturated carbocycles. The highest BCUT2D eigenvalue weighted by Gasteiger charge is 2.48. The predicted molar refractivity (Wildman–Crippen MR) is 470 cm³/mol. The number of nitrogens with one attached hydrogen (secondary N) is 2. The number of anilines is 2. The van der Waals surface area contributed by atoms with Crippen molar-refractivity contribution in [3.63, 3.8) is 0 Å². The maximum Gasteiger partial charge on any atom is 0.294 e. The fourth-order valence-corrected chi connectivity index (χ4v) is 20.0. The molecule has 0 bridgehead atoms. The fourth-order valence-electron chi connectivity index (χ4n) is 18.2. The van der Waals surface area contributed by atoms with Gasteiger partial charge in [0.1, 0.15) is 13.1 Å². The molecule has 6 aliphatic heterocycles. The van der Waals surface area contributed by atoms with E-state index in [0.717, 1.165) is 127 Å². The van der Waals surface area contributed by atoms with Crippen LogP contribution in [0.15, 0.2) is 164 Å². The Bertz CT molecular complexity index is 5450. The van der Waals surface area contributed by atoms with Gasteiger partial charge in [-0.1, -0.05) is 62.8 Å². The monoisotopic (exact) mass is 1750 g/mol. The summed E-state index contributed by atoms with van der Waals surface area (Å²) in [4.78, 5) is 95.3. The number of carbonyl (C=O) groups excluding carboxylic acids is 6. The van der Waals surface area contributed by atoms with Gasteiger partial charge in [0, 0.05) is 164 Å². The molecule has 0 spiro atoms. The first-order chi connectivity index (χ1) is 58.0. The average molecular weight is 1750 g/mol. The van der Waals surface area contributed by atoms with Gasteiger partial charge in [-0.2, -0.15) is 26.0 Å². The number of benzene rings is 6. The van der Waals surface area contributed by atoms with Gasteiger partial charge in [0.25, 0.3) is 43.9 Å². The summed E-state index contributed by atoms with van der Waals surface area (Å²) in [6.45, 7) is 27.2. The zero-order valence-electron chi connectivity index (χ0n) is 71.4. The fraction of sp³-hybridized carbons (Fsp3) is 0.444. The molecule has 6 amide bonds. The van der Waals surface area contributed by atoms with Crippen LogP contribution in [-0.2, 0) is 70.2 Å². The lowest BCUT2D eigenvalue weighted by Crippen LogP contribution is -2.44. The molecule has 0 fully saturated rings. The summed E-state index contributed by atoms with van der Waals surface area (Å²) >= 11 is 1.80. The highest BCUT2D eigenvalue weighted by Crippen LogP contribution is 2.52. The van der Waals surface area contributed by atoms with Crippen molar-refractivity contribution in [1.29, 1.82) is 0 Å². The maximum absolute atomic E-state index is 14.2. The van der Waals surface area contributed by atoms with E-state index in [1.54, 1.807) is 48.5 Å². The quantitative estimate of drug-likeness (QED) is 0.00394. The van der Waals surface area contributed by atoms with Crippen LogP contribution in [0.2, 0.25) is 0 Å². The highest BCUT2D eigenvalue weighted by molar-refractivity contribution is 7.94. The van der Waals surface area contributed by atoms with E-state index < -0.39 is 65.5 Å². The number of amides is 6. The molecular weight excluding hydrogens is 1640 g/mol. The first-order valence-electron chi connectivity index (χ1n) is 41.7. The number of hydrogen-bond donors (Lipinski definition) is 6. The molecule has 652 valence electrons.